The predicted octanol–water partition coefficient (Wildman–Crippen LogP) is 2.21. The topological polar surface area (TPSA) is 71.7 Å². The lowest BCUT2D eigenvalue weighted by Gasteiger charge is -2.36. The fourth-order valence-corrected chi connectivity index (χ4v) is 2.57. The smallest absolute Gasteiger partial charge is 0.410 e. The molecule has 0 unspecified atom stereocenters. The Labute approximate surface area is 131 Å². The van der Waals surface area contributed by atoms with E-state index in [2.05, 4.69) is 22.1 Å². The molecule has 1 fully saturated rings. The summed E-state index contributed by atoms with van der Waals surface area (Å²) in [6, 6.07) is 0.414. The summed E-state index contributed by atoms with van der Waals surface area (Å²) in [5.74, 6) is 1.29. The molecule has 1 aromatic heterocycles. The summed E-state index contributed by atoms with van der Waals surface area (Å²) in [6.45, 7) is 9.55. The van der Waals surface area contributed by atoms with Crippen LogP contribution in [-0.2, 0) is 11.3 Å². The van der Waals surface area contributed by atoms with Gasteiger partial charge in [-0.05, 0) is 40.7 Å². The summed E-state index contributed by atoms with van der Waals surface area (Å²) < 4.78 is 10.4. The number of likely N-dealkylation sites (tertiary alicyclic amines) is 1. The molecule has 1 amide bonds. The number of hydrogen-bond acceptors (Lipinski definition) is 6. The molecule has 0 aromatic carbocycles. The molecule has 0 aliphatic carbocycles. The highest BCUT2D eigenvalue weighted by atomic mass is 16.6. The molecule has 2 rings (SSSR count). The molecule has 0 atom stereocenters. The average Bonchev–Trinajstić information content (AvgIpc) is 2.82. The molecule has 1 aromatic rings. The second-order valence-electron chi connectivity index (χ2n) is 6.84. The Bertz CT molecular complexity index is 501. The van der Waals surface area contributed by atoms with Gasteiger partial charge in [0.1, 0.15) is 5.60 Å². The lowest BCUT2D eigenvalue weighted by Crippen LogP contribution is -2.46. The highest BCUT2D eigenvalue weighted by Gasteiger charge is 2.28. The van der Waals surface area contributed by atoms with Crippen LogP contribution in [0.15, 0.2) is 4.52 Å². The second-order valence-corrected chi connectivity index (χ2v) is 6.84. The number of carbonyl (C=O) groups excluding carboxylic acids is 1. The summed E-state index contributed by atoms with van der Waals surface area (Å²) in [5, 5.41) is 3.92. The van der Waals surface area contributed by atoms with Crippen LogP contribution in [0, 0.1) is 6.92 Å². The van der Waals surface area contributed by atoms with Crippen molar-refractivity contribution < 1.29 is 14.1 Å². The maximum atomic E-state index is 12.0. The van der Waals surface area contributed by atoms with E-state index in [0.29, 0.717) is 24.3 Å². The molecular formula is C15H26N4O3. The molecule has 7 heteroatoms. The number of aryl methyl sites for hydroxylation is 1. The summed E-state index contributed by atoms with van der Waals surface area (Å²) >= 11 is 0. The maximum Gasteiger partial charge on any atom is 0.410 e. The van der Waals surface area contributed by atoms with Crippen LogP contribution < -0.4 is 0 Å². The summed E-state index contributed by atoms with van der Waals surface area (Å²) in [6.07, 6.45) is 1.63. The number of aromatic nitrogens is 2. The van der Waals surface area contributed by atoms with Crippen LogP contribution in [0.2, 0.25) is 0 Å². The molecule has 2 heterocycles. The molecule has 1 saturated heterocycles. The van der Waals surface area contributed by atoms with Crippen molar-refractivity contribution in [3.8, 4) is 0 Å². The SMILES string of the molecule is Cc1nc(CN(C)C2CCN(C(=O)OC(C)(C)C)CC2)no1. The van der Waals surface area contributed by atoms with Crippen molar-refractivity contribution in [2.75, 3.05) is 20.1 Å². The van der Waals surface area contributed by atoms with Crippen LogP contribution in [0.1, 0.15) is 45.3 Å². The van der Waals surface area contributed by atoms with E-state index >= 15 is 0 Å². The lowest BCUT2D eigenvalue weighted by molar-refractivity contribution is 0.0151. The maximum absolute atomic E-state index is 12.0. The summed E-state index contributed by atoms with van der Waals surface area (Å²) in [5.41, 5.74) is -0.443. The highest BCUT2D eigenvalue weighted by Crippen LogP contribution is 2.19. The van der Waals surface area contributed by atoms with E-state index in [4.69, 9.17) is 9.26 Å². The largest absolute Gasteiger partial charge is 0.444 e. The van der Waals surface area contributed by atoms with E-state index < -0.39 is 5.60 Å². The molecule has 7 nitrogen and oxygen atoms in total. The van der Waals surface area contributed by atoms with Crippen LogP contribution in [0.5, 0.6) is 0 Å². The van der Waals surface area contributed by atoms with Crippen molar-refractivity contribution in [3.05, 3.63) is 11.7 Å². The standard InChI is InChI=1S/C15H26N4O3/c1-11-16-13(17-22-11)10-18(5)12-6-8-19(9-7-12)14(20)21-15(2,3)4/h12H,6-10H2,1-5H3. The molecule has 0 spiro atoms. The number of amides is 1. The van der Waals surface area contributed by atoms with Crippen LogP contribution in [0.3, 0.4) is 0 Å². The van der Waals surface area contributed by atoms with Crippen LogP contribution in [0.25, 0.3) is 0 Å². The zero-order chi connectivity index (χ0) is 16.3. The van der Waals surface area contributed by atoms with E-state index in [1.807, 2.05) is 20.8 Å². The summed E-state index contributed by atoms with van der Waals surface area (Å²) in [7, 11) is 2.06. The highest BCUT2D eigenvalue weighted by molar-refractivity contribution is 5.68. The molecule has 0 N–H and O–H groups in total. The van der Waals surface area contributed by atoms with Gasteiger partial charge in [0.2, 0.25) is 5.89 Å². The Morgan fingerprint density at radius 3 is 2.55 bits per heavy atom. The first kappa shape index (κ1) is 16.7. The van der Waals surface area contributed by atoms with Crippen molar-refractivity contribution in [1.29, 1.82) is 0 Å². The number of nitrogens with zero attached hydrogens (tertiary/aromatic N) is 4. The third kappa shape index (κ3) is 4.69. The van der Waals surface area contributed by atoms with Crippen molar-refractivity contribution >= 4 is 6.09 Å². The lowest BCUT2D eigenvalue weighted by atomic mass is 10.0. The number of piperidine rings is 1. The van der Waals surface area contributed by atoms with Crippen molar-refractivity contribution in [2.24, 2.45) is 0 Å². The van der Waals surface area contributed by atoms with Gasteiger partial charge in [0.25, 0.3) is 0 Å². The van der Waals surface area contributed by atoms with E-state index in [0.717, 1.165) is 25.9 Å². The first-order chi connectivity index (χ1) is 10.2. The van der Waals surface area contributed by atoms with Gasteiger partial charge in [-0.15, -0.1) is 0 Å². The van der Waals surface area contributed by atoms with Crippen molar-refractivity contribution in [3.63, 3.8) is 0 Å². The van der Waals surface area contributed by atoms with Gasteiger partial charge in [0, 0.05) is 26.1 Å². The van der Waals surface area contributed by atoms with E-state index in [1.165, 1.54) is 0 Å². The van der Waals surface area contributed by atoms with Gasteiger partial charge in [-0.1, -0.05) is 5.16 Å². The van der Waals surface area contributed by atoms with Crippen molar-refractivity contribution in [1.82, 2.24) is 19.9 Å². The molecule has 124 valence electrons. The van der Waals surface area contributed by atoms with Gasteiger partial charge >= 0.3 is 6.09 Å². The molecule has 0 saturated carbocycles. The van der Waals surface area contributed by atoms with Gasteiger partial charge < -0.3 is 14.2 Å². The summed E-state index contributed by atoms with van der Waals surface area (Å²) in [4.78, 5) is 20.3. The van der Waals surface area contributed by atoms with Crippen LogP contribution in [0.4, 0.5) is 4.79 Å². The molecule has 0 radical (unpaired) electrons. The van der Waals surface area contributed by atoms with E-state index in [1.54, 1.807) is 11.8 Å². The number of rotatable bonds is 3. The Kier molecular flexibility index (Phi) is 5.05. The van der Waals surface area contributed by atoms with Gasteiger partial charge in [0.15, 0.2) is 5.82 Å². The minimum atomic E-state index is -0.443. The quantitative estimate of drug-likeness (QED) is 0.852. The second kappa shape index (κ2) is 6.64. The minimum Gasteiger partial charge on any atom is -0.444 e. The molecule has 0 bridgehead atoms. The van der Waals surface area contributed by atoms with E-state index in [9.17, 15) is 4.79 Å². The monoisotopic (exact) mass is 310 g/mol. The number of ether oxygens (including phenoxy) is 1. The van der Waals surface area contributed by atoms with Gasteiger partial charge in [0.05, 0.1) is 6.54 Å². The van der Waals surface area contributed by atoms with Gasteiger partial charge in [-0.3, -0.25) is 4.90 Å². The third-order valence-corrected chi connectivity index (χ3v) is 3.70. The molecule has 1 aliphatic rings. The van der Waals surface area contributed by atoms with Crippen LogP contribution in [-0.4, -0.2) is 57.8 Å². The fourth-order valence-electron chi connectivity index (χ4n) is 2.57. The predicted molar refractivity (Wildman–Crippen MR) is 81.3 cm³/mol. The first-order valence-corrected chi connectivity index (χ1v) is 7.72. The molecule has 22 heavy (non-hydrogen) atoms. The number of carbonyl (C=O) groups is 1. The average molecular weight is 310 g/mol. The minimum absolute atomic E-state index is 0.220. The Hall–Kier alpha value is -1.63. The van der Waals surface area contributed by atoms with Gasteiger partial charge in [-0.25, -0.2) is 4.79 Å². The Morgan fingerprint density at radius 2 is 2.05 bits per heavy atom. The normalized spacial score (nSPS) is 17.1. The molecular weight excluding hydrogens is 284 g/mol. The third-order valence-electron chi connectivity index (χ3n) is 3.70. The zero-order valence-electron chi connectivity index (χ0n) is 14.1. The Balaban J connectivity index is 1.80. The van der Waals surface area contributed by atoms with E-state index in [-0.39, 0.29) is 6.09 Å². The number of hydrogen-bond donors (Lipinski definition) is 0. The first-order valence-electron chi connectivity index (χ1n) is 7.72. The fraction of sp³-hybridized carbons (Fsp3) is 0.800. The van der Waals surface area contributed by atoms with Crippen LogP contribution >= 0.6 is 0 Å². The Morgan fingerprint density at radius 1 is 1.41 bits per heavy atom. The zero-order valence-corrected chi connectivity index (χ0v) is 14.1. The van der Waals surface area contributed by atoms with Crippen molar-refractivity contribution in [2.45, 2.75) is 58.7 Å². The molecule has 1 aliphatic heterocycles. The van der Waals surface area contributed by atoms with Gasteiger partial charge in [-0.2, -0.15) is 4.98 Å².